The summed E-state index contributed by atoms with van der Waals surface area (Å²) in [4.78, 5) is 73.4. The molecule has 19 heteroatoms. The van der Waals surface area contributed by atoms with Gasteiger partial charge in [0, 0.05) is 25.7 Å². The molecule has 0 heterocycles. The van der Waals surface area contributed by atoms with E-state index in [0.717, 1.165) is 120 Å². The number of carbonyl (C=O) groups is 4. The summed E-state index contributed by atoms with van der Waals surface area (Å²) >= 11 is 0. The van der Waals surface area contributed by atoms with Gasteiger partial charge in [0.2, 0.25) is 0 Å². The molecule has 0 fully saturated rings. The van der Waals surface area contributed by atoms with Crippen molar-refractivity contribution in [3.05, 3.63) is 0 Å². The Morgan fingerprint density at radius 2 is 0.432 bits per heavy atom. The zero-order valence-corrected chi connectivity index (χ0v) is 75.4. The minimum Gasteiger partial charge on any atom is -0.462 e. The molecule has 4 unspecified atom stereocenters. The van der Waals surface area contributed by atoms with E-state index in [1.54, 1.807) is 0 Å². The van der Waals surface area contributed by atoms with E-state index in [-0.39, 0.29) is 25.7 Å². The van der Waals surface area contributed by atoms with Crippen molar-refractivity contribution in [3.63, 3.8) is 0 Å². The number of aliphatic hydroxyl groups is 1. The van der Waals surface area contributed by atoms with Crippen LogP contribution in [0.1, 0.15) is 486 Å². The first-order valence-corrected chi connectivity index (χ1v) is 50.3. The summed E-state index contributed by atoms with van der Waals surface area (Å²) in [5.74, 6) is 1.13. The fraction of sp³-hybridized carbons (Fsp3) is 0.957. The Morgan fingerprint density at radius 3 is 0.640 bits per heavy atom. The molecule has 0 aliphatic heterocycles. The lowest BCUT2D eigenvalue weighted by Gasteiger charge is -2.21. The van der Waals surface area contributed by atoms with Gasteiger partial charge in [-0.05, 0) is 49.4 Å². The lowest BCUT2D eigenvalue weighted by Crippen LogP contribution is -2.30. The molecule has 0 bridgehead atoms. The Morgan fingerprint density at radius 1 is 0.252 bits per heavy atom. The molecule has 111 heavy (non-hydrogen) atoms. The molecule has 0 aromatic heterocycles. The quantitative estimate of drug-likeness (QED) is 0.0222. The summed E-state index contributed by atoms with van der Waals surface area (Å²) in [6, 6.07) is 0. The van der Waals surface area contributed by atoms with Gasteiger partial charge in [0.05, 0.1) is 26.4 Å². The van der Waals surface area contributed by atoms with Gasteiger partial charge in [0.15, 0.2) is 12.2 Å². The Bertz CT molecular complexity index is 2150. The van der Waals surface area contributed by atoms with E-state index in [9.17, 15) is 43.2 Å². The van der Waals surface area contributed by atoms with Crippen molar-refractivity contribution in [2.75, 3.05) is 39.6 Å². The van der Waals surface area contributed by atoms with Crippen molar-refractivity contribution < 1.29 is 80.2 Å². The van der Waals surface area contributed by atoms with Gasteiger partial charge in [-0.25, -0.2) is 9.13 Å². The van der Waals surface area contributed by atoms with E-state index in [4.69, 9.17) is 37.0 Å². The van der Waals surface area contributed by atoms with Crippen LogP contribution in [0.25, 0.3) is 0 Å². The second-order valence-corrected chi connectivity index (χ2v) is 37.4. The van der Waals surface area contributed by atoms with Crippen molar-refractivity contribution in [1.29, 1.82) is 0 Å². The number of hydrogen-bond donors (Lipinski definition) is 3. The molecule has 0 spiro atoms. The number of phosphoric ester groups is 2. The highest BCUT2D eigenvalue weighted by molar-refractivity contribution is 7.47. The lowest BCUT2D eigenvalue weighted by atomic mass is 9.99. The number of phosphoric acid groups is 2. The SMILES string of the molecule is CCC(C)CCCCCCCCCCCCCCCCCCCCC(=O)O[C@H](COC(=O)CCCCCCCCCCCCCCCCCC(C)C)COP(=O)(O)OC[C@@H](O)COP(=O)(O)OC[C@@H](COC(=O)CCCCCCCCC(C)CC)OC(=O)CCCCCCCCCCCCCCCCCCCCC(C)C. The Labute approximate surface area is 683 Å². The normalized spacial score (nSPS) is 14.3. The van der Waals surface area contributed by atoms with Crippen LogP contribution in [0, 0.1) is 23.7 Å². The summed E-state index contributed by atoms with van der Waals surface area (Å²) in [5, 5.41) is 10.7. The Hall–Kier alpha value is -1.94. The van der Waals surface area contributed by atoms with E-state index in [0.29, 0.717) is 25.7 Å². The van der Waals surface area contributed by atoms with Gasteiger partial charge in [-0.2, -0.15) is 0 Å². The van der Waals surface area contributed by atoms with Crippen LogP contribution < -0.4 is 0 Å². The van der Waals surface area contributed by atoms with Crippen LogP contribution in [-0.4, -0.2) is 96.7 Å². The van der Waals surface area contributed by atoms with Crippen LogP contribution in [0.15, 0.2) is 0 Å². The summed E-state index contributed by atoms with van der Waals surface area (Å²) in [7, 11) is -9.94. The van der Waals surface area contributed by atoms with Gasteiger partial charge in [-0.1, -0.05) is 434 Å². The topological polar surface area (TPSA) is 237 Å². The molecule has 0 aromatic rings. The average Bonchev–Trinajstić information content (AvgIpc) is 0.899. The molecule has 0 aliphatic carbocycles. The van der Waals surface area contributed by atoms with Gasteiger partial charge in [0.1, 0.15) is 19.3 Å². The minimum atomic E-state index is -4.97. The van der Waals surface area contributed by atoms with Crippen molar-refractivity contribution in [3.8, 4) is 0 Å². The van der Waals surface area contributed by atoms with Crippen LogP contribution in [0.5, 0.6) is 0 Å². The van der Waals surface area contributed by atoms with Crippen molar-refractivity contribution in [2.45, 2.75) is 504 Å². The highest BCUT2D eigenvalue weighted by atomic mass is 31.2. The summed E-state index contributed by atoms with van der Waals surface area (Å²) in [6.07, 6.45) is 72.3. The second-order valence-electron chi connectivity index (χ2n) is 34.5. The van der Waals surface area contributed by atoms with Crippen LogP contribution in [0.3, 0.4) is 0 Å². The summed E-state index contributed by atoms with van der Waals surface area (Å²) < 4.78 is 69.1. The molecular formula is C92H180O17P2. The minimum absolute atomic E-state index is 0.107. The maximum absolute atomic E-state index is 13.2. The summed E-state index contributed by atoms with van der Waals surface area (Å²) in [6.45, 7) is 14.4. The molecule has 0 amide bonds. The second kappa shape index (κ2) is 80.5. The Balaban J connectivity index is 5.21. The number of carbonyl (C=O) groups excluding carboxylic acids is 4. The van der Waals surface area contributed by atoms with E-state index < -0.39 is 97.5 Å². The highest BCUT2D eigenvalue weighted by Crippen LogP contribution is 2.45. The number of aliphatic hydroxyl groups excluding tert-OH is 1. The van der Waals surface area contributed by atoms with Crippen LogP contribution >= 0.6 is 15.6 Å². The van der Waals surface area contributed by atoms with Gasteiger partial charge >= 0.3 is 39.5 Å². The first-order chi connectivity index (χ1) is 53.7. The monoisotopic (exact) mass is 1620 g/mol. The number of ether oxygens (including phenoxy) is 4. The smallest absolute Gasteiger partial charge is 0.462 e. The molecule has 17 nitrogen and oxygen atoms in total. The van der Waals surface area contributed by atoms with Crippen molar-refractivity contribution >= 4 is 39.5 Å². The fourth-order valence-electron chi connectivity index (χ4n) is 14.3. The van der Waals surface area contributed by atoms with Crippen molar-refractivity contribution in [1.82, 2.24) is 0 Å². The molecule has 0 aromatic carbocycles. The van der Waals surface area contributed by atoms with Crippen molar-refractivity contribution in [2.24, 2.45) is 23.7 Å². The lowest BCUT2D eigenvalue weighted by molar-refractivity contribution is -0.161. The molecule has 0 aliphatic rings. The molecule has 0 radical (unpaired) electrons. The van der Waals surface area contributed by atoms with E-state index >= 15 is 0 Å². The van der Waals surface area contributed by atoms with E-state index in [1.807, 2.05) is 0 Å². The predicted octanol–water partition coefficient (Wildman–Crippen LogP) is 28.3. The molecule has 3 N–H and O–H groups in total. The highest BCUT2D eigenvalue weighted by Gasteiger charge is 2.31. The first kappa shape index (κ1) is 109. The zero-order valence-electron chi connectivity index (χ0n) is 73.6. The largest absolute Gasteiger partial charge is 0.472 e. The van der Waals surface area contributed by atoms with Gasteiger partial charge in [-0.3, -0.25) is 37.3 Å². The van der Waals surface area contributed by atoms with E-state index in [1.165, 1.54) is 283 Å². The molecule has 7 atom stereocenters. The average molecular weight is 1620 g/mol. The number of unbranched alkanes of at least 4 members (excludes halogenated alkanes) is 53. The maximum atomic E-state index is 13.2. The summed E-state index contributed by atoms with van der Waals surface area (Å²) in [5.41, 5.74) is 0. The van der Waals surface area contributed by atoms with Gasteiger partial charge in [0.25, 0.3) is 0 Å². The number of rotatable bonds is 89. The maximum Gasteiger partial charge on any atom is 0.472 e. The van der Waals surface area contributed by atoms with E-state index in [2.05, 4.69) is 55.4 Å². The fourth-order valence-corrected chi connectivity index (χ4v) is 15.9. The third-order valence-electron chi connectivity index (χ3n) is 22.3. The number of hydrogen-bond acceptors (Lipinski definition) is 15. The predicted molar refractivity (Wildman–Crippen MR) is 460 cm³/mol. The molecule has 0 saturated carbocycles. The number of esters is 4. The van der Waals surface area contributed by atoms with Gasteiger partial charge < -0.3 is 33.8 Å². The molecule has 0 rings (SSSR count). The zero-order chi connectivity index (χ0) is 81.6. The Kier molecular flexibility index (Phi) is 79.1. The third-order valence-corrected chi connectivity index (χ3v) is 24.2. The first-order valence-electron chi connectivity index (χ1n) is 47.3. The molecule has 0 saturated heterocycles. The third kappa shape index (κ3) is 82.9. The van der Waals surface area contributed by atoms with Crippen LogP contribution in [0.4, 0.5) is 0 Å². The van der Waals surface area contributed by atoms with Crippen LogP contribution in [-0.2, 0) is 65.4 Å². The standard InChI is InChI=1S/C92H180O17P2/c1-9-84(7)70-62-54-46-40-34-28-22-16-12-14-18-24-31-37-43-49-58-66-74-91(96)108-87(78-102-89(94)72-64-56-47-41-35-29-25-19-21-27-33-39-45-53-61-69-83(5)6)80-106-110(98,99)104-76-86(93)77-105-111(100,101)107-81-88(79-103-90(95)73-65-57-51-50-55-63-71-85(8)10-2)109-92(97)75-67-59-48-42-36-30-23-17-13-11-15-20-26-32-38-44-52-60-68-82(3)4/h82-88,93H,9-81H2,1-8H3,(H,98,99)(H,100,101)/t84?,85?,86-,87-,88-/m1/s1. The van der Waals surface area contributed by atoms with Crippen LogP contribution in [0.2, 0.25) is 0 Å². The molecule has 660 valence electrons. The molecular weight excluding hydrogens is 1440 g/mol. The van der Waals surface area contributed by atoms with Gasteiger partial charge in [-0.15, -0.1) is 0 Å².